The maximum absolute atomic E-state index is 14.3. The largest absolute Gasteiger partial charge is 0.310 e. The fourth-order valence-electron chi connectivity index (χ4n) is 2.50. The molecule has 0 aliphatic rings. The van der Waals surface area contributed by atoms with Gasteiger partial charge in [-0.15, -0.1) is 0 Å². The Morgan fingerprint density at radius 1 is 1.17 bits per heavy atom. The van der Waals surface area contributed by atoms with Crippen LogP contribution < -0.4 is 5.32 Å². The lowest BCUT2D eigenvalue weighted by atomic mass is 9.87. The standard InChI is InChI=1S/C16H26FN/c1-5-11-18-16(13(6-2)7-3)14-10-8-9-12(4)15(14)17/h8-10,13,16,18H,5-7,11H2,1-4H3. The Bertz CT molecular complexity index is 358. The average molecular weight is 251 g/mol. The van der Waals surface area contributed by atoms with E-state index >= 15 is 0 Å². The number of halogens is 1. The molecule has 1 nitrogen and oxygen atoms in total. The molecule has 0 heterocycles. The lowest BCUT2D eigenvalue weighted by molar-refractivity contribution is 0.332. The fourth-order valence-corrected chi connectivity index (χ4v) is 2.50. The summed E-state index contributed by atoms with van der Waals surface area (Å²) in [5.41, 5.74) is 1.57. The molecule has 1 atom stereocenters. The van der Waals surface area contributed by atoms with Crippen LogP contribution in [0, 0.1) is 18.7 Å². The van der Waals surface area contributed by atoms with Gasteiger partial charge < -0.3 is 5.32 Å². The zero-order chi connectivity index (χ0) is 13.5. The molecule has 102 valence electrons. The minimum Gasteiger partial charge on any atom is -0.310 e. The second kappa shape index (κ2) is 7.52. The molecule has 1 aromatic carbocycles. The van der Waals surface area contributed by atoms with Crippen molar-refractivity contribution in [1.29, 1.82) is 0 Å². The molecule has 1 aromatic rings. The Hall–Kier alpha value is -0.890. The van der Waals surface area contributed by atoms with Crippen LogP contribution in [0.3, 0.4) is 0 Å². The van der Waals surface area contributed by atoms with Crippen molar-refractivity contribution in [3.05, 3.63) is 35.1 Å². The normalized spacial score (nSPS) is 13.0. The number of hydrogen-bond acceptors (Lipinski definition) is 1. The molecule has 0 aliphatic carbocycles. The summed E-state index contributed by atoms with van der Waals surface area (Å²) in [5, 5.41) is 3.52. The number of benzene rings is 1. The molecule has 0 spiro atoms. The first-order chi connectivity index (χ1) is 8.65. The van der Waals surface area contributed by atoms with Crippen LogP contribution in [-0.2, 0) is 0 Å². The molecule has 1 rings (SSSR count). The van der Waals surface area contributed by atoms with Crippen molar-refractivity contribution in [2.45, 2.75) is 53.0 Å². The van der Waals surface area contributed by atoms with E-state index in [1.807, 2.05) is 25.1 Å². The monoisotopic (exact) mass is 251 g/mol. The van der Waals surface area contributed by atoms with Crippen molar-refractivity contribution in [1.82, 2.24) is 5.32 Å². The molecule has 0 saturated heterocycles. The van der Waals surface area contributed by atoms with E-state index < -0.39 is 0 Å². The van der Waals surface area contributed by atoms with Crippen LogP contribution in [0.1, 0.15) is 57.2 Å². The number of aryl methyl sites for hydroxylation is 1. The molecule has 0 radical (unpaired) electrons. The first-order valence-corrected chi connectivity index (χ1v) is 7.14. The number of rotatable bonds is 7. The topological polar surface area (TPSA) is 12.0 Å². The van der Waals surface area contributed by atoms with Crippen molar-refractivity contribution >= 4 is 0 Å². The summed E-state index contributed by atoms with van der Waals surface area (Å²) in [7, 11) is 0. The predicted molar refractivity (Wildman–Crippen MR) is 76.2 cm³/mol. The van der Waals surface area contributed by atoms with E-state index in [1.54, 1.807) is 0 Å². The molecular formula is C16H26FN. The van der Waals surface area contributed by atoms with Gasteiger partial charge in [-0.25, -0.2) is 4.39 Å². The summed E-state index contributed by atoms with van der Waals surface area (Å²) in [6.45, 7) is 9.28. The second-order valence-corrected chi connectivity index (χ2v) is 4.99. The minimum absolute atomic E-state index is 0.0435. The Morgan fingerprint density at radius 3 is 2.39 bits per heavy atom. The van der Waals surface area contributed by atoms with Crippen LogP contribution in [-0.4, -0.2) is 6.54 Å². The Morgan fingerprint density at radius 2 is 1.83 bits per heavy atom. The van der Waals surface area contributed by atoms with Crippen LogP contribution >= 0.6 is 0 Å². The highest BCUT2D eigenvalue weighted by molar-refractivity contribution is 5.28. The van der Waals surface area contributed by atoms with Crippen molar-refractivity contribution in [2.75, 3.05) is 6.54 Å². The molecule has 0 saturated carbocycles. The molecule has 1 unspecified atom stereocenters. The summed E-state index contributed by atoms with van der Waals surface area (Å²) < 4.78 is 14.3. The highest BCUT2D eigenvalue weighted by atomic mass is 19.1. The predicted octanol–water partition coefficient (Wildman–Crippen LogP) is 4.61. The summed E-state index contributed by atoms with van der Waals surface area (Å²) in [6, 6.07) is 5.85. The van der Waals surface area contributed by atoms with Crippen LogP contribution in [0.2, 0.25) is 0 Å². The van der Waals surface area contributed by atoms with Crippen LogP contribution in [0.25, 0.3) is 0 Å². The zero-order valence-corrected chi connectivity index (χ0v) is 12.1. The van der Waals surface area contributed by atoms with Gasteiger partial charge in [-0.05, 0) is 31.4 Å². The molecular weight excluding hydrogens is 225 g/mol. The smallest absolute Gasteiger partial charge is 0.130 e. The first kappa shape index (κ1) is 15.2. The molecule has 0 fully saturated rings. The van der Waals surface area contributed by atoms with E-state index in [0.717, 1.165) is 36.9 Å². The van der Waals surface area contributed by atoms with Crippen LogP contribution in [0.15, 0.2) is 18.2 Å². The van der Waals surface area contributed by atoms with E-state index in [-0.39, 0.29) is 11.9 Å². The highest BCUT2D eigenvalue weighted by Crippen LogP contribution is 2.30. The lowest BCUT2D eigenvalue weighted by Gasteiger charge is -2.27. The number of hydrogen-bond donors (Lipinski definition) is 1. The average Bonchev–Trinajstić information content (AvgIpc) is 2.38. The maximum atomic E-state index is 14.3. The van der Waals surface area contributed by atoms with Crippen LogP contribution in [0.4, 0.5) is 4.39 Å². The summed E-state index contributed by atoms with van der Waals surface area (Å²) in [5.74, 6) is 0.450. The maximum Gasteiger partial charge on any atom is 0.130 e. The van der Waals surface area contributed by atoms with Crippen molar-refractivity contribution in [3.8, 4) is 0 Å². The Kier molecular flexibility index (Phi) is 6.34. The van der Waals surface area contributed by atoms with Crippen molar-refractivity contribution in [2.24, 2.45) is 5.92 Å². The van der Waals surface area contributed by atoms with E-state index in [4.69, 9.17) is 0 Å². The first-order valence-electron chi connectivity index (χ1n) is 7.14. The van der Waals surface area contributed by atoms with Gasteiger partial charge in [-0.3, -0.25) is 0 Å². The third-order valence-corrected chi connectivity index (χ3v) is 3.69. The van der Waals surface area contributed by atoms with Gasteiger partial charge in [0, 0.05) is 11.6 Å². The van der Waals surface area contributed by atoms with Crippen molar-refractivity contribution in [3.63, 3.8) is 0 Å². The van der Waals surface area contributed by atoms with Gasteiger partial charge in [0.25, 0.3) is 0 Å². The lowest BCUT2D eigenvalue weighted by Crippen LogP contribution is -2.29. The van der Waals surface area contributed by atoms with Gasteiger partial charge in [0.15, 0.2) is 0 Å². The summed E-state index contributed by atoms with van der Waals surface area (Å²) in [6.07, 6.45) is 3.22. The summed E-state index contributed by atoms with van der Waals surface area (Å²) in [4.78, 5) is 0. The van der Waals surface area contributed by atoms with E-state index in [9.17, 15) is 4.39 Å². The van der Waals surface area contributed by atoms with Gasteiger partial charge in [0.2, 0.25) is 0 Å². The SMILES string of the molecule is CCCNC(c1cccc(C)c1F)C(CC)CC. The Balaban J connectivity index is 3.04. The third-order valence-electron chi connectivity index (χ3n) is 3.69. The zero-order valence-electron chi connectivity index (χ0n) is 12.1. The van der Waals surface area contributed by atoms with Gasteiger partial charge in [0.05, 0.1) is 0 Å². The molecule has 1 N–H and O–H groups in total. The van der Waals surface area contributed by atoms with Gasteiger partial charge in [-0.1, -0.05) is 51.8 Å². The highest BCUT2D eigenvalue weighted by Gasteiger charge is 2.23. The van der Waals surface area contributed by atoms with Crippen molar-refractivity contribution < 1.29 is 4.39 Å². The van der Waals surface area contributed by atoms with Gasteiger partial charge in [0.1, 0.15) is 5.82 Å². The summed E-state index contributed by atoms with van der Waals surface area (Å²) >= 11 is 0. The Labute approximate surface area is 111 Å². The minimum atomic E-state index is -0.0435. The van der Waals surface area contributed by atoms with E-state index in [1.165, 1.54) is 0 Å². The molecule has 0 amide bonds. The van der Waals surface area contributed by atoms with Crippen LogP contribution in [0.5, 0.6) is 0 Å². The molecule has 2 heteroatoms. The number of nitrogens with one attached hydrogen (secondary N) is 1. The molecule has 0 aromatic heterocycles. The fraction of sp³-hybridized carbons (Fsp3) is 0.625. The van der Waals surface area contributed by atoms with E-state index in [0.29, 0.717) is 5.92 Å². The quantitative estimate of drug-likeness (QED) is 0.746. The molecule has 0 bridgehead atoms. The van der Waals surface area contributed by atoms with Gasteiger partial charge in [-0.2, -0.15) is 0 Å². The second-order valence-electron chi connectivity index (χ2n) is 4.99. The molecule has 18 heavy (non-hydrogen) atoms. The van der Waals surface area contributed by atoms with Gasteiger partial charge >= 0.3 is 0 Å². The van der Waals surface area contributed by atoms with E-state index in [2.05, 4.69) is 26.1 Å². The third kappa shape index (κ3) is 3.55. The molecule has 0 aliphatic heterocycles.